The summed E-state index contributed by atoms with van der Waals surface area (Å²) in [7, 11) is 0. The molecule has 0 aromatic heterocycles. The van der Waals surface area contributed by atoms with Crippen LogP contribution in [0, 0.1) is 23.1 Å². The summed E-state index contributed by atoms with van der Waals surface area (Å²) in [6.07, 6.45) is -5.12. The van der Waals surface area contributed by atoms with Gasteiger partial charge in [0.15, 0.2) is 0 Å². The van der Waals surface area contributed by atoms with Crippen LogP contribution in [0.25, 0.3) is 0 Å². The molecule has 0 unspecified atom stereocenters. The van der Waals surface area contributed by atoms with Crippen LogP contribution in [-0.4, -0.2) is 42.3 Å². The molecule has 0 saturated carbocycles. The molecule has 1 aliphatic heterocycles. The largest absolute Gasteiger partial charge is 0.471 e. The Morgan fingerprint density at radius 2 is 2.12 bits per heavy atom. The Morgan fingerprint density at radius 3 is 2.76 bits per heavy atom. The molecule has 1 N–H and O–H groups in total. The molecule has 25 heavy (non-hydrogen) atoms. The summed E-state index contributed by atoms with van der Waals surface area (Å²) in [5.74, 6) is -2.91. The first-order valence-corrected chi connectivity index (χ1v) is 8.55. The van der Waals surface area contributed by atoms with Crippen molar-refractivity contribution in [1.29, 1.82) is 5.26 Å². The van der Waals surface area contributed by atoms with Gasteiger partial charge in [-0.25, -0.2) is 4.39 Å². The lowest BCUT2D eigenvalue weighted by Gasteiger charge is -2.28. The van der Waals surface area contributed by atoms with E-state index < -0.39 is 29.9 Å². The zero-order chi connectivity index (χ0) is 18.4. The summed E-state index contributed by atoms with van der Waals surface area (Å²) in [5.41, 5.74) is 0.214. The van der Waals surface area contributed by atoms with E-state index in [1.54, 1.807) is 6.07 Å². The van der Waals surface area contributed by atoms with Gasteiger partial charge in [-0.05, 0) is 18.1 Å². The van der Waals surface area contributed by atoms with Gasteiger partial charge in [-0.1, -0.05) is 18.2 Å². The second kappa shape index (κ2) is 8.54. The predicted molar refractivity (Wildman–Crippen MR) is 84.3 cm³/mol. The van der Waals surface area contributed by atoms with Crippen molar-refractivity contribution in [2.24, 2.45) is 5.92 Å². The number of hydrogen-bond acceptors (Lipinski definition) is 4. The fourth-order valence-corrected chi connectivity index (χ4v) is 3.70. The Morgan fingerprint density at radius 1 is 1.40 bits per heavy atom. The van der Waals surface area contributed by atoms with Crippen LogP contribution in [0.1, 0.15) is 5.56 Å². The molecule has 1 amide bonds. The van der Waals surface area contributed by atoms with Crippen molar-refractivity contribution in [3.63, 3.8) is 0 Å². The first-order chi connectivity index (χ1) is 11.8. The van der Waals surface area contributed by atoms with Crippen molar-refractivity contribution in [3.05, 3.63) is 35.6 Å². The van der Waals surface area contributed by atoms with Gasteiger partial charge in [-0.15, -0.1) is 11.8 Å². The van der Waals surface area contributed by atoms with Crippen molar-refractivity contribution in [2.75, 3.05) is 19.0 Å². The molecule has 0 aliphatic carbocycles. The van der Waals surface area contributed by atoms with Gasteiger partial charge in [0.2, 0.25) is 0 Å². The number of carbonyl (C=O) groups excluding carboxylic acids is 1. The first kappa shape index (κ1) is 19.5. The van der Waals surface area contributed by atoms with Gasteiger partial charge < -0.3 is 10.1 Å². The second-order valence-corrected chi connectivity index (χ2v) is 6.81. The Kier molecular flexibility index (Phi) is 6.67. The minimum atomic E-state index is -5.03. The third kappa shape index (κ3) is 5.34. The summed E-state index contributed by atoms with van der Waals surface area (Å²) in [6, 6.07) is 6.74. The smallest absolute Gasteiger partial charge is 0.380 e. The average Bonchev–Trinajstić information content (AvgIpc) is 3.01. The Balaban J connectivity index is 2.21. The van der Waals surface area contributed by atoms with E-state index in [9.17, 15) is 22.4 Å². The number of nitriles is 1. The van der Waals surface area contributed by atoms with Crippen LogP contribution in [0.3, 0.4) is 0 Å². The van der Waals surface area contributed by atoms with E-state index >= 15 is 0 Å². The van der Waals surface area contributed by atoms with Crippen LogP contribution in [0.4, 0.5) is 17.6 Å². The summed E-state index contributed by atoms with van der Waals surface area (Å²) in [5, 5.41) is 10.4. The van der Waals surface area contributed by atoms with Gasteiger partial charge in [0.25, 0.3) is 0 Å². The van der Waals surface area contributed by atoms with Gasteiger partial charge in [0.1, 0.15) is 5.82 Å². The zero-order valence-corrected chi connectivity index (χ0v) is 13.9. The fraction of sp³-hybridized carbons (Fsp3) is 0.500. The molecule has 1 saturated heterocycles. The third-order valence-corrected chi connectivity index (χ3v) is 5.13. The summed E-state index contributed by atoms with van der Waals surface area (Å²) >= 11 is 1.26. The molecule has 136 valence electrons. The second-order valence-electron chi connectivity index (χ2n) is 5.58. The quantitative estimate of drug-likeness (QED) is 0.776. The Bertz CT molecular complexity index is 648. The molecule has 0 spiro atoms. The minimum absolute atomic E-state index is 0.0911. The van der Waals surface area contributed by atoms with Crippen LogP contribution in [0.15, 0.2) is 24.3 Å². The number of ether oxygens (including phenoxy) is 1. The summed E-state index contributed by atoms with van der Waals surface area (Å²) in [6.45, 7) is 0.410. The van der Waals surface area contributed by atoms with Gasteiger partial charge in [-0.2, -0.15) is 18.4 Å². The highest BCUT2D eigenvalue weighted by Gasteiger charge is 2.43. The molecule has 0 radical (unpaired) electrons. The van der Waals surface area contributed by atoms with E-state index in [0.29, 0.717) is 0 Å². The number of rotatable bonds is 6. The lowest BCUT2D eigenvalue weighted by atomic mass is 9.92. The van der Waals surface area contributed by atoms with E-state index in [4.69, 9.17) is 10.00 Å². The number of carbonyl (C=O) groups is 1. The Hall–Kier alpha value is -1.79. The SMILES string of the molecule is N#CCS[C@H]1COC[C@@H]1[C@H](Cc1ccccc1F)NC(=O)C(F)(F)F. The highest BCUT2D eigenvalue weighted by Crippen LogP contribution is 2.31. The molecule has 1 aliphatic rings. The molecule has 1 heterocycles. The maximum absolute atomic E-state index is 13.9. The molecule has 1 aromatic rings. The number of hydrogen-bond donors (Lipinski definition) is 1. The topological polar surface area (TPSA) is 62.1 Å². The molecule has 1 fully saturated rings. The van der Waals surface area contributed by atoms with Crippen molar-refractivity contribution in [3.8, 4) is 6.07 Å². The number of amides is 1. The predicted octanol–water partition coefficient (Wildman–Crippen LogP) is 2.69. The van der Waals surface area contributed by atoms with Crippen LogP contribution < -0.4 is 5.32 Å². The number of alkyl halides is 3. The van der Waals surface area contributed by atoms with E-state index in [0.717, 1.165) is 0 Å². The van der Waals surface area contributed by atoms with Crippen molar-refractivity contribution < 1.29 is 27.1 Å². The number of benzene rings is 1. The van der Waals surface area contributed by atoms with Crippen molar-refractivity contribution in [1.82, 2.24) is 5.32 Å². The van der Waals surface area contributed by atoms with E-state index in [1.807, 2.05) is 11.4 Å². The lowest BCUT2D eigenvalue weighted by Crippen LogP contribution is -2.49. The highest BCUT2D eigenvalue weighted by atomic mass is 32.2. The van der Waals surface area contributed by atoms with Crippen LogP contribution in [-0.2, 0) is 16.0 Å². The number of nitrogens with one attached hydrogen (secondary N) is 1. The monoisotopic (exact) mass is 376 g/mol. The van der Waals surface area contributed by atoms with Crippen LogP contribution in [0.5, 0.6) is 0 Å². The van der Waals surface area contributed by atoms with Crippen molar-refractivity contribution in [2.45, 2.75) is 23.9 Å². The Labute approximate surface area is 146 Å². The van der Waals surface area contributed by atoms with E-state index in [2.05, 4.69) is 0 Å². The van der Waals surface area contributed by atoms with Gasteiger partial charge >= 0.3 is 12.1 Å². The molecular formula is C16H16F4N2O2S. The number of halogens is 4. The number of thioether (sulfide) groups is 1. The maximum Gasteiger partial charge on any atom is 0.471 e. The van der Waals surface area contributed by atoms with Gasteiger partial charge in [-0.3, -0.25) is 4.79 Å². The maximum atomic E-state index is 13.9. The average molecular weight is 376 g/mol. The molecule has 3 atom stereocenters. The first-order valence-electron chi connectivity index (χ1n) is 7.50. The molecular weight excluding hydrogens is 360 g/mol. The van der Waals surface area contributed by atoms with Crippen molar-refractivity contribution >= 4 is 17.7 Å². The normalized spacial score (nSPS) is 21.6. The van der Waals surface area contributed by atoms with E-state index in [-0.39, 0.29) is 36.2 Å². The highest BCUT2D eigenvalue weighted by molar-refractivity contribution is 8.00. The van der Waals surface area contributed by atoms with Crippen LogP contribution in [0.2, 0.25) is 0 Å². The zero-order valence-electron chi connectivity index (χ0n) is 13.1. The minimum Gasteiger partial charge on any atom is -0.380 e. The molecule has 2 rings (SSSR count). The molecule has 4 nitrogen and oxygen atoms in total. The molecule has 1 aromatic carbocycles. The van der Waals surface area contributed by atoms with Gasteiger partial charge in [0, 0.05) is 17.2 Å². The fourth-order valence-electron chi connectivity index (χ4n) is 2.70. The standard InChI is InChI=1S/C16H16F4N2O2S/c17-12-4-2-1-3-10(12)7-13(22-15(23)16(18,19)20)11-8-24-9-14(11)25-6-5-21/h1-4,11,13-14H,6-9H2,(H,22,23)/t11-,13+,14+/m1/s1. The number of nitrogens with zero attached hydrogens (tertiary/aromatic N) is 1. The van der Waals surface area contributed by atoms with Crippen LogP contribution >= 0.6 is 11.8 Å². The lowest BCUT2D eigenvalue weighted by molar-refractivity contribution is -0.174. The third-order valence-electron chi connectivity index (χ3n) is 3.92. The van der Waals surface area contributed by atoms with Gasteiger partial charge in [0.05, 0.1) is 25.0 Å². The molecule has 9 heteroatoms. The van der Waals surface area contributed by atoms with E-state index in [1.165, 1.54) is 30.0 Å². The molecule has 0 bridgehead atoms. The summed E-state index contributed by atoms with van der Waals surface area (Å²) in [4.78, 5) is 11.4. The summed E-state index contributed by atoms with van der Waals surface area (Å²) < 4.78 is 57.2.